The number of esters is 1. The molecule has 0 aliphatic rings. The summed E-state index contributed by atoms with van der Waals surface area (Å²) in [6, 6.07) is 14.4. The summed E-state index contributed by atoms with van der Waals surface area (Å²) in [5, 5.41) is 2.46. The van der Waals surface area contributed by atoms with Crippen molar-refractivity contribution < 1.29 is 14.3 Å². The molecule has 1 aromatic heterocycles. The number of nitrogens with zero attached hydrogens (tertiary/aromatic N) is 2. The molecule has 0 saturated carbocycles. The normalized spacial score (nSPS) is 10.4. The van der Waals surface area contributed by atoms with Crippen molar-refractivity contribution in [3.8, 4) is 11.4 Å². The number of nitrogens with one attached hydrogen (secondary N) is 1. The maximum atomic E-state index is 12.7. The number of amides is 1. The van der Waals surface area contributed by atoms with Gasteiger partial charge in [-0.15, -0.1) is 0 Å². The van der Waals surface area contributed by atoms with Crippen LogP contribution in [0, 0.1) is 0 Å². The first-order chi connectivity index (χ1) is 13.8. The van der Waals surface area contributed by atoms with Gasteiger partial charge in [0.05, 0.1) is 5.69 Å². The number of carbonyl (C=O) groups is 2. The number of nitrogen functional groups attached to an aromatic ring is 1. The van der Waals surface area contributed by atoms with Crippen LogP contribution >= 0.6 is 0 Å². The third-order valence-electron chi connectivity index (χ3n) is 4.10. The Hall–Kier alpha value is -4.14. The summed E-state index contributed by atoms with van der Waals surface area (Å²) in [6.45, 7) is 1.24. The smallest absolute Gasteiger partial charge is 0.337 e. The van der Waals surface area contributed by atoms with Crippen molar-refractivity contribution in [3.05, 3.63) is 81.0 Å². The lowest BCUT2D eigenvalue weighted by molar-refractivity contribution is -0.131. The molecule has 1 heterocycles. The molecule has 2 aromatic carbocycles. The molecule has 0 saturated heterocycles. The Kier molecular flexibility index (Phi) is 5.31. The van der Waals surface area contributed by atoms with E-state index in [0.717, 1.165) is 9.13 Å². The van der Waals surface area contributed by atoms with Crippen LogP contribution in [0.1, 0.15) is 17.3 Å². The van der Waals surface area contributed by atoms with Gasteiger partial charge in [0.2, 0.25) is 0 Å². The van der Waals surface area contributed by atoms with E-state index in [1.54, 1.807) is 30.3 Å². The van der Waals surface area contributed by atoms with Gasteiger partial charge < -0.3 is 15.8 Å². The molecule has 0 atom stereocenters. The van der Waals surface area contributed by atoms with Gasteiger partial charge in [0, 0.05) is 19.5 Å². The van der Waals surface area contributed by atoms with E-state index in [2.05, 4.69) is 5.32 Å². The monoisotopic (exact) mass is 394 g/mol. The van der Waals surface area contributed by atoms with Crippen molar-refractivity contribution >= 4 is 23.4 Å². The summed E-state index contributed by atoms with van der Waals surface area (Å²) in [4.78, 5) is 48.9. The summed E-state index contributed by atoms with van der Waals surface area (Å²) in [5.74, 6) is -1.20. The Morgan fingerprint density at radius 3 is 2.38 bits per heavy atom. The largest absolute Gasteiger partial charge is 0.427 e. The van der Waals surface area contributed by atoms with E-state index in [1.807, 2.05) is 0 Å². The minimum absolute atomic E-state index is 0.141. The third-order valence-corrected chi connectivity index (χ3v) is 4.10. The van der Waals surface area contributed by atoms with Crippen molar-refractivity contribution in [1.82, 2.24) is 9.13 Å². The van der Waals surface area contributed by atoms with E-state index >= 15 is 0 Å². The molecule has 0 radical (unpaired) electrons. The number of aromatic nitrogens is 2. The first-order valence-corrected chi connectivity index (χ1v) is 8.56. The first-order valence-electron chi connectivity index (χ1n) is 8.56. The van der Waals surface area contributed by atoms with Gasteiger partial charge in [-0.3, -0.25) is 19.0 Å². The van der Waals surface area contributed by atoms with E-state index in [4.69, 9.17) is 10.5 Å². The number of benzene rings is 2. The molecule has 0 aliphatic carbocycles. The fourth-order valence-electron chi connectivity index (χ4n) is 2.73. The van der Waals surface area contributed by atoms with Crippen LogP contribution in [0.2, 0.25) is 0 Å². The Balaban J connectivity index is 2.05. The fourth-order valence-corrected chi connectivity index (χ4v) is 2.73. The van der Waals surface area contributed by atoms with Crippen LogP contribution in [0.4, 0.5) is 11.5 Å². The lowest BCUT2D eigenvalue weighted by Crippen LogP contribution is -2.40. The molecule has 9 heteroatoms. The maximum Gasteiger partial charge on any atom is 0.337 e. The predicted octanol–water partition coefficient (Wildman–Crippen LogP) is 1.30. The molecule has 3 rings (SSSR count). The lowest BCUT2D eigenvalue weighted by Gasteiger charge is -2.15. The molecular formula is C20H18N4O5. The minimum atomic E-state index is -0.746. The number of rotatable bonds is 4. The summed E-state index contributed by atoms with van der Waals surface area (Å²) in [5.41, 5.74) is 5.03. The number of anilines is 2. The van der Waals surface area contributed by atoms with E-state index in [1.165, 1.54) is 38.2 Å². The van der Waals surface area contributed by atoms with Crippen LogP contribution in [-0.4, -0.2) is 21.0 Å². The average molecular weight is 394 g/mol. The average Bonchev–Trinajstić information content (AvgIpc) is 2.70. The van der Waals surface area contributed by atoms with E-state index < -0.39 is 23.1 Å². The second-order valence-electron chi connectivity index (χ2n) is 6.15. The molecule has 148 valence electrons. The zero-order chi connectivity index (χ0) is 21.1. The SMILES string of the molecule is CC(=O)Oc1cccc(C(=O)Nc2c(N)n(-c3ccccc3)c(=O)n(C)c2=O)c1. The molecule has 3 N–H and O–H groups in total. The zero-order valence-electron chi connectivity index (χ0n) is 15.7. The highest BCUT2D eigenvalue weighted by atomic mass is 16.5. The summed E-state index contributed by atoms with van der Waals surface area (Å²) < 4.78 is 6.95. The quantitative estimate of drug-likeness (QED) is 0.507. The zero-order valence-corrected chi connectivity index (χ0v) is 15.7. The summed E-state index contributed by atoms with van der Waals surface area (Å²) >= 11 is 0. The van der Waals surface area contributed by atoms with Crippen molar-refractivity contribution in [1.29, 1.82) is 0 Å². The van der Waals surface area contributed by atoms with E-state index in [9.17, 15) is 19.2 Å². The predicted molar refractivity (Wildman–Crippen MR) is 107 cm³/mol. The Morgan fingerprint density at radius 1 is 1.03 bits per heavy atom. The standard InChI is InChI=1S/C20H18N4O5/c1-12(25)29-15-10-6-7-13(11-15)18(26)22-16-17(21)24(14-8-4-3-5-9-14)20(28)23(2)19(16)27/h3-11H,21H2,1-2H3,(H,22,26). The lowest BCUT2D eigenvalue weighted by atomic mass is 10.2. The van der Waals surface area contributed by atoms with Crippen LogP contribution < -0.4 is 27.0 Å². The molecule has 0 spiro atoms. The molecule has 29 heavy (non-hydrogen) atoms. The third kappa shape index (κ3) is 3.93. The maximum absolute atomic E-state index is 12.7. The van der Waals surface area contributed by atoms with Gasteiger partial charge in [-0.2, -0.15) is 0 Å². The number of ether oxygens (including phenoxy) is 1. The second kappa shape index (κ2) is 7.85. The Morgan fingerprint density at radius 2 is 1.72 bits per heavy atom. The highest BCUT2D eigenvalue weighted by Crippen LogP contribution is 2.19. The van der Waals surface area contributed by atoms with Gasteiger partial charge in [0.25, 0.3) is 11.5 Å². The molecule has 0 aliphatic heterocycles. The van der Waals surface area contributed by atoms with Crippen LogP contribution in [0.3, 0.4) is 0 Å². The number of hydrogen-bond donors (Lipinski definition) is 2. The van der Waals surface area contributed by atoms with Crippen LogP contribution in [0.5, 0.6) is 5.75 Å². The second-order valence-corrected chi connectivity index (χ2v) is 6.15. The van der Waals surface area contributed by atoms with Crippen molar-refractivity contribution in [2.24, 2.45) is 7.05 Å². The molecule has 0 bridgehead atoms. The minimum Gasteiger partial charge on any atom is -0.427 e. The molecular weight excluding hydrogens is 376 g/mol. The van der Waals surface area contributed by atoms with Gasteiger partial charge in [-0.05, 0) is 30.3 Å². The summed E-state index contributed by atoms with van der Waals surface area (Å²) in [6.07, 6.45) is 0. The molecule has 3 aromatic rings. The van der Waals surface area contributed by atoms with Gasteiger partial charge >= 0.3 is 11.7 Å². The molecule has 9 nitrogen and oxygen atoms in total. The fraction of sp³-hybridized carbons (Fsp3) is 0.100. The number of nitrogens with two attached hydrogens (primary N) is 1. The Bertz CT molecular complexity index is 1210. The topological polar surface area (TPSA) is 125 Å². The van der Waals surface area contributed by atoms with Gasteiger partial charge in [0.15, 0.2) is 0 Å². The van der Waals surface area contributed by atoms with Crippen LogP contribution in [0.15, 0.2) is 64.2 Å². The highest BCUT2D eigenvalue weighted by Gasteiger charge is 2.19. The van der Waals surface area contributed by atoms with E-state index in [-0.39, 0.29) is 22.8 Å². The molecule has 0 unspecified atom stereocenters. The highest BCUT2D eigenvalue weighted by molar-refractivity contribution is 6.05. The summed E-state index contributed by atoms with van der Waals surface area (Å²) in [7, 11) is 1.29. The van der Waals surface area contributed by atoms with Crippen LogP contribution in [-0.2, 0) is 11.8 Å². The number of carbonyl (C=O) groups excluding carboxylic acids is 2. The molecule has 1 amide bonds. The van der Waals surface area contributed by atoms with Crippen molar-refractivity contribution in [2.75, 3.05) is 11.1 Å². The van der Waals surface area contributed by atoms with Gasteiger partial charge in [0.1, 0.15) is 17.3 Å². The number of hydrogen-bond acceptors (Lipinski definition) is 6. The first kappa shape index (κ1) is 19.6. The Labute approximate surface area is 165 Å². The molecule has 0 fully saturated rings. The number of para-hydroxylation sites is 1. The van der Waals surface area contributed by atoms with Crippen molar-refractivity contribution in [3.63, 3.8) is 0 Å². The van der Waals surface area contributed by atoms with Crippen LogP contribution in [0.25, 0.3) is 5.69 Å². The van der Waals surface area contributed by atoms with Gasteiger partial charge in [-0.25, -0.2) is 9.36 Å². The van der Waals surface area contributed by atoms with Crippen molar-refractivity contribution in [2.45, 2.75) is 6.92 Å². The van der Waals surface area contributed by atoms with E-state index in [0.29, 0.717) is 5.69 Å². The van der Waals surface area contributed by atoms with Gasteiger partial charge in [-0.1, -0.05) is 24.3 Å².